The quantitative estimate of drug-likeness (QED) is 0.381. The predicted molar refractivity (Wildman–Crippen MR) is 68.0 cm³/mol. The highest BCUT2D eigenvalue weighted by Crippen LogP contribution is 2.38. The molecule has 0 atom stereocenters. The Morgan fingerprint density at radius 3 is 1.55 bits per heavy atom. The first-order chi connectivity index (χ1) is 8.67. The third-order valence-electron chi connectivity index (χ3n) is 1.96. The maximum Gasteiger partial charge on any atom is 0.297 e. The summed E-state index contributed by atoms with van der Waals surface area (Å²) in [5.74, 6) is 0. The van der Waals surface area contributed by atoms with Crippen molar-refractivity contribution < 1.29 is 38.9 Å². The maximum absolute atomic E-state index is 11.2. The number of benzene rings is 1. The number of nitrogens with two attached hydrogens (primary N) is 1. The summed E-state index contributed by atoms with van der Waals surface area (Å²) in [6.45, 7) is 0. The number of anilines is 1. The molecule has 14 heteroatoms. The van der Waals surface area contributed by atoms with Crippen molar-refractivity contribution in [2.75, 3.05) is 5.73 Å². The fourth-order valence-corrected chi connectivity index (χ4v) is 5.62. The lowest BCUT2D eigenvalue weighted by Crippen LogP contribution is -2.16. The Morgan fingerprint density at radius 2 is 1.25 bits per heavy atom. The van der Waals surface area contributed by atoms with Gasteiger partial charge in [0.05, 0.1) is 4.47 Å². The van der Waals surface area contributed by atoms with E-state index in [1.165, 1.54) is 0 Å². The highest BCUT2D eigenvalue weighted by Gasteiger charge is 2.35. The summed E-state index contributed by atoms with van der Waals surface area (Å²) >= 11 is 2.54. The number of rotatable bonds is 3. The predicted octanol–water partition coefficient (Wildman–Crippen LogP) is -0.229. The van der Waals surface area contributed by atoms with Gasteiger partial charge in [-0.05, 0) is 22.0 Å². The second kappa shape index (κ2) is 4.90. The Kier molecular flexibility index (Phi) is 4.24. The van der Waals surface area contributed by atoms with Crippen molar-refractivity contribution in [2.45, 2.75) is 14.7 Å². The number of nitrogen functional groups attached to an aromatic ring is 1. The van der Waals surface area contributed by atoms with Crippen LogP contribution in [0.15, 0.2) is 25.2 Å². The van der Waals surface area contributed by atoms with Crippen LogP contribution in [0.4, 0.5) is 5.69 Å². The summed E-state index contributed by atoms with van der Waals surface area (Å²) in [7, 11) is -16.0. The van der Waals surface area contributed by atoms with Gasteiger partial charge < -0.3 is 5.73 Å². The lowest BCUT2D eigenvalue weighted by molar-refractivity contribution is 0.455. The lowest BCUT2D eigenvalue weighted by Gasteiger charge is -2.12. The van der Waals surface area contributed by atoms with Crippen LogP contribution in [0.25, 0.3) is 0 Å². The van der Waals surface area contributed by atoms with Crippen LogP contribution in [0.2, 0.25) is 0 Å². The molecule has 1 aromatic carbocycles. The van der Waals surface area contributed by atoms with Gasteiger partial charge >= 0.3 is 0 Å². The minimum atomic E-state index is -5.43. The molecule has 1 aromatic rings. The topological polar surface area (TPSA) is 189 Å². The van der Waals surface area contributed by atoms with Crippen molar-refractivity contribution in [1.82, 2.24) is 0 Å². The Hall–Kier alpha value is -0.770. The van der Waals surface area contributed by atoms with Crippen molar-refractivity contribution in [2.24, 2.45) is 0 Å². The minimum Gasteiger partial charge on any atom is -0.398 e. The zero-order valence-corrected chi connectivity index (χ0v) is 13.1. The van der Waals surface area contributed by atoms with Crippen molar-refractivity contribution in [1.29, 1.82) is 0 Å². The number of halogens is 1. The van der Waals surface area contributed by atoms with E-state index in [1.54, 1.807) is 0 Å². The highest BCUT2D eigenvalue weighted by molar-refractivity contribution is 9.10. The van der Waals surface area contributed by atoms with Crippen LogP contribution in [0.5, 0.6) is 0 Å². The van der Waals surface area contributed by atoms with Crippen LogP contribution in [0, 0.1) is 0 Å². The van der Waals surface area contributed by atoms with Crippen LogP contribution >= 0.6 is 15.9 Å². The molecule has 1 rings (SSSR count). The van der Waals surface area contributed by atoms with E-state index in [9.17, 15) is 25.3 Å². The van der Waals surface area contributed by atoms with Crippen LogP contribution < -0.4 is 5.73 Å². The van der Waals surface area contributed by atoms with Crippen molar-refractivity contribution in [3.63, 3.8) is 0 Å². The van der Waals surface area contributed by atoms with E-state index in [-0.39, 0.29) is 0 Å². The molecule has 0 bridgehead atoms. The zero-order chi connectivity index (χ0) is 16.1. The summed E-state index contributed by atoms with van der Waals surface area (Å²) in [6.07, 6.45) is 0. The van der Waals surface area contributed by atoms with Crippen LogP contribution in [-0.2, 0) is 30.4 Å². The smallest absolute Gasteiger partial charge is 0.297 e. The molecule has 0 fully saturated rings. The molecule has 0 saturated heterocycles. The van der Waals surface area contributed by atoms with Crippen molar-refractivity contribution >= 4 is 52.0 Å². The van der Waals surface area contributed by atoms with Crippen molar-refractivity contribution in [3.05, 3.63) is 10.5 Å². The summed E-state index contributed by atoms with van der Waals surface area (Å²) in [4.78, 5) is -4.72. The molecular formula is C6H6BrNO9S3. The monoisotopic (exact) mass is 411 g/mol. The van der Waals surface area contributed by atoms with Gasteiger partial charge in [-0.25, -0.2) is 0 Å². The molecule has 0 aliphatic carbocycles. The Bertz CT molecular complexity index is 884. The Balaban J connectivity index is 4.30. The largest absolute Gasteiger partial charge is 0.398 e. The Morgan fingerprint density at radius 1 is 0.850 bits per heavy atom. The SMILES string of the molecule is Nc1cc(S(=O)(=O)O)c(S(=O)(=O)O)c(S(=O)(=O)O)c1Br. The first kappa shape index (κ1) is 17.3. The molecule has 0 aliphatic rings. The molecule has 0 aliphatic heterocycles. The standard InChI is InChI=1S/C6H6BrNO9S3/c7-4-2(8)1-3(18(9,10)11)5(19(12,13)14)6(4)20(15,16)17/h1H,8H2,(H,9,10,11)(H,12,13,14)(H,15,16,17). The third kappa shape index (κ3) is 3.27. The second-order valence-electron chi connectivity index (χ2n) is 3.36. The summed E-state index contributed by atoms with van der Waals surface area (Å²) in [6, 6.07) is 0.400. The van der Waals surface area contributed by atoms with Gasteiger partial charge in [-0.1, -0.05) is 0 Å². The van der Waals surface area contributed by atoms with Crippen molar-refractivity contribution in [3.8, 4) is 0 Å². The van der Waals surface area contributed by atoms with E-state index < -0.39 is 55.2 Å². The second-order valence-corrected chi connectivity index (χ2v) is 8.26. The van der Waals surface area contributed by atoms with E-state index in [2.05, 4.69) is 15.9 Å². The van der Waals surface area contributed by atoms with Gasteiger partial charge in [0.2, 0.25) is 0 Å². The van der Waals surface area contributed by atoms with Crippen LogP contribution in [0.3, 0.4) is 0 Å². The van der Waals surface area contributed by atoms with Gasteiger partial charge in [-0.15, -0.1) is 0 Å². The van der Waals surface area contributed by atoms with E-state index >= 15 is 0 Å². The molecule has 20 heavy (non-hydrogen) atoms. The number of hydrogen-bond donors (Lipinski definition) is 4. The molecule has 0 aromatic heterocycles. The molecule has 0 unspecified atom stereocenters. The lowest BCUT2D eigenvalue weighted by atomic mass is 10.3. The van der Waals surface area contributed by atoms with Gasteiger partial charge in [0.1, 0.15) is 14.7 Å². The van der Waals surface area contributed by atoms with E-state index in [0.29, 0.717) is 6.07 Å². The van der Waals surface area contributed by atoms with E-state index in [4.69, 9.17) is 19.4 Å². The fraction of sp³-hybridized carbons (Fsp3) is 0. The van der Waals surface area contributed by atoms with E-state index in [0.717, 1.165) is 0 Å². The minimum absolute atomic E-state index is 0.400. The number of hydrogen-bond acceptors (Lipinski definition) is 7. The molecule has 114 valence electrons. The molecule has 0 radical (unpaired) electrons. The third-order valence-corrected chi connectivity index (χ3v) is 6.08. The summed E-state index contributed by atoms with van der Waals surface area (Å²) in [5, 5.41) is 0. The van der Waals surface area contributed by atoms with Gasteiger partial charge in [0, 0.05) is 5.69 Å². The molecule has 10 nitrogen and oxygen atoms in total. The van der Waals surface area contributed by atoms with Gasteiger partial charge in [0.15, 0.2) is 0 Å². The van der Waals surface area contributed by atoms with E-state index in [1.807, 2.05) is 0 Å². The first-order valence-electron chi connectivity index (χ1n) is 4.22. The molecule has 0 spiro atoms. The normalized spacial score (nSPS) is 13.4. The molecule has 0 amide bonds. The maximum atomic E-state index is 11.2. The summed E-state index contributed by atoms with van der Waals surface area (Å²) in [5.41, 5.74) is 4.64. The van der Waals surface area contributed by atoms with Gasteiger partial charge in [-0.2, -0.15) is 25.3 Å². The first-order valence-corrected chi connectivity index (χ1v) is 9.33. The zero-order valence-electron chi connectivity index (χ0n) is 9.05. The van der Waals surface area contributed by atoms with Gasteiger partial charge in [0.25, 0.3) is 30.4 Å². The van der Waals surface area contributed by atoms with Gasteiger partial charge in [-0.3, -0.25) is 13.7 Å². The summed E-state index contributed by atoms with van der Waals surface area (Å²) < 4.78 is 93.0. The highest BCUT2D eigenvalue weighted by atomic mass is 79.9. The molecular weight excluding hydrogens is 406 g/mol. The molecule has 5 N–H and O–H groups in total. The van der Waals surface area contributed by atoms with Crippen LogP contribution in [-0.4, -0.2) is 38.9 Å². The molecule has 0 heterocycles. The van der Waals surface area contributed by atoms with Crippen LogP contribution in [0.1, 0.15) is 0 Å². The Labute approximate surface area is 122 Å². The fourth-order valence-electron chi connectivity index (χ4n) is 1.28. The average molecular weight is 412 g/mol. The molecule has 0 saturated carbocycles. The average Bonchev–Trinajstić information content (AvgIpc) is 2.15.